The Kier molecular flexibility index (Phi) is 2.73. The number of nitrogens with two attached hydrogens (primary N) is 1. The second-order valence-corrected chi connectivity index (χ2v) is 4.21. The van der Waals surface area contributed by atoms with Gasteiger partial charge in [-0.15, -0.1) is 0 Å². The Hall–Kier alpha value is -1.02. The Balaban J connectivity index is 2.08. The van der Waals surface area contributed by atoms with Crippen molar-refractivity contribution in [2.24, 2.45) is 5.73 Å². The van der Waals surface area contributed by atoms with Gasteiger partial charge in [-0.05, 0) is 49.3 Å². The molecule has 0 bridgehead atoms. The molecule has 0 spiro atoms. The molecule has 1 saturated carbocycles. The molecule has 76 valence electrons. The van der Waals surface area contributed by atoms with E-state index in [4.69, 9.17) is 5.73 Å². The predicted octanol–water partition coefficient (Wildman–Crippen LogP) is 2.38. The van der Waals surface area contributed by atoms with Crippen LogP contribution in [0.15, 0.2) is 24.3 Å². The van der Waals surface area contributed by atoms with E-state index in [1.807, 2.05) is 12.1 Å². The lowest BCUT2D eigenvalue weighted by molar-refractivity contribution is 0.394. The van der Waals surface area contributed by atoms with Gasteiger partial charge in [0.25, 0.3) is 0 Å². The van der Waals surface area contributed by atoms with Gasteiger partial charge in [-0.3, -0.25) is 0 Å². The molecule has 2 heteroatoms. The summed E-state index contributed by atoms with van der Waals surface area (Å²) < 4.78 is 0. The van der Waals surface area contributed by atoms with Crippen molar-refractivity contribution in [3.63, 3.8) is 0 Å². The summed E-state index contributed by atoms with van der Waals surface area (Å²) in [5, 5.41) is 9.37. The summed E-state index contributed by atoms with van der Waals surface area (Å²) in [7, 11) is 0. The third-order valence-corrected chi connectivity index (χ3v) is 3.11. The zero-order valence-electron chi connectivity index (χ0n) is 8.32. The van der Waals surface area contributed by atoms with Gasteiger partial charge in [0.1, 0.15) is 5.75 Å². The van der Waals surface area contributed by atoms with Crippen LogP contribution < -0.4 is 5.73 Å². The summed E-state index contributed by atoms with van der Waals surface area (Å²) in [5.74, 6) is 0.972. The first-order valence-electron chi connectivity index (χ1n) is 5.30. The van der Waals surface area contributed by atoms with Gasteiger partial charge >= 0.3 is 0 Å². The maximum Gasteiger partial charge on any atom is 0.115 e. The lowest BCUT2D eigenvalue weighted by Crippen LogP contribution is -2.25. The Labute approximate surface area is 84.7 Å². The molecule has 1 aromatic carbocycles. The van der Waals surface area contributed by atoms with Crippen molar-refractivity contribution < 1.29 is 5.11 Å². The van der Waals surface area contributed by atoms with Gasteiger partial charge < -0.3 is 10.8 Å². The van der Waals surface area contributed by atoms with Crippen molar-refractivity contribution >= 4 is 0 Å². The molecule has 1 fully saturated rings. The maximum absolute atomic E-state index is 9.37. The summed E-state index contributed by atoms with van der Waals surface area (Å²) in [6.45, 7) is 0. The highest BCUT2D eigenvalue weighted by atomic mass is 16.3. The van der Waals surface area contributed by atoms with Gasteiger partial charge in [-0.2, -0.15) is 0 Å². The fraction of sp³-hybridized carbons (Fsp3) is 0.500. The molecule has 3 N–H and O–H groups in total. The molecule has 0 heterocycles. The number of phenolic OH excluding ortho intramolecular Hbond substituents is 1. The molecule has 0 atom stereocenters. The lowest BCUT2D eigenvalue weighted by atomic mass is 9.82. The molecule has 0 aromatic heterocycles. The van der Waals surface area contributed by atoms with E-state index in [-0.39, 0.29) is 0 Å². The summed E-state index contributed by atoms with van der Waals surface area (Å²) in [6, 6.07) is 8.00. The SMILES string of the molecule is NC1CCC(c2cccc(O)c2)CC1. The number of hydrogen-bond donors (Lipinski definition) is 2. The van der Waals surface area contributed by atoms with Crippen LogP contribution in [0.5, 0.6) is 5.75 Å². The fourth-order valence-electron chi connectivity index (χ4n) is 2.23. The maximum atomic E-state index is 9.37. The number of aromatic hydroxyl groups is 1. The van der Waals surface area contributed by atoms with Crippen molar-refractivity contribution in [1.29, 1.82) is 0 Å². The highest BCUT2D eigenvalue weighted by Crippen LogP contribution is 2.33. The lowest BCUT2D eigenvalue weighted by Gasteiger charge is -2.26. The zero-order valence-corrected chi connectivity index (χ0v) is 8.32. The van der Waals surface area contributed by atoms with E-state index in [9.17, 15) is 5.11 Å². The molecular formula is C12H17NO. The van der Waals surface area contributed by atoms with Crippen LogP contribution in [0.1, 0.15) is 37.2 Å². The van der Waals surface area contributed by atoms with E-state index in [2.05, 4.69) is 6.07 Å². The highest BCUT2D eigenvalue weighted by Gasteiger charge is 2.19. The average molecular weight is 191 g/mol. The van der Waals surface area contributed by atoms with Gasteiger partial charge in [0, 0.05) is 6.04 Å². The van der Waals surface area contributed by atoms with Crippen LogP contribution in [0.4, 0.5) is 0 Å². The van der Waals surface area contributed by atoms with Crippen LogP contribution in [0, 0.1) is 0 Å². The van der Waals surface area contributed by atoms with E-state index in [0.717, 1.165) is 25.7 Å². The Morgan fingerprint density at radius 1 is 1.14 bits per heavy atom. The smallest absolute Gasteiger partial charge is 0.115 e. The van der Waals surface area contributed by atoms with Crippen LogP contribution in [0.3, 0.4) is 0 Å². The third-order valence-electron chi connectivity index (χ3n) is 3.11. The first-order chi connectivity index (χ1) is 6.75. The van der Waals surface area contributed by atoms with E-state index in [1.54, 1.807) is 6.07 Å². The van der Waals surface area contributed by atoms with Crippen LogP contribution in [-0.4, -0.2) is 11.1 Å². The summed E-state index contributed by atoms with van der Waals surface area (Å²) in [6.07, 6.45) is 4.54. The van der Waals surface area contributed by atoms with Crippen LogP contribution in [0.25, 0.3) is 0 Å². The summed E-state index contributed by atoms with van der Waals surface area (Å²) >= 11 is 0. The number of rotatable bonds is 1. The molecule has 14 heavy (non-hydrogen) atoms. The molecule has 0 radical (unpaired) electrons. The van der Waals surface area contributed by atoms with Crippen molar-refractivity contribution in [3.05, 3.63) is 29.8 Å². The van der Waals surface area contributed by atoms with E-state index >= 15 is 0 Å². The topological polar surface area (TPSA) is 46.2 Å². The second kappa shape index (κ2) is 4.01. The average Bonchev–Trinajstić information content (AvgIpc) is 2.19. The van der Waals surface area contributed by atoms with Crippen molar-refractivity contribution in [2.75, 3.05) is 0 Å². The number of hydrogen-bond acceptors (Lipinski definition) is 2. The van der Waals surface area contributed by atoms with Gasteiger partial charge in [0.05, 0.1) is 0 Å². The summed E-state index contributed by atoms with van der Waals surface area (Å²) in [4.78, 5) is 0. The number of phenols is 1. The molecule has 1 aliphatic carbocycles. The van der Waals surface area contributed by atoms with Crippen LogP contribution in [-0.2, 0) is 0 Å². The quantitative estimate of drug-likeness (QED) is 0.716. The molecule has 2 rings (SSSR count). The van der Waals surface area contributed by atoms with Gasteiger partial charge in [-0.1, -0.05) is 12.1 Å². The minimum absolute atomic E-state index is 0.373. The molecule has 2 nitrogen and oxygen atoms in total. The molecule has 0 amide bonds. The minimum atomic E-state index is 0.373. The van der Waals surface area contributed by atoms with E-state index < -0.39 is 0 Å². The second-order valence-electron chi connectivity index (χ2n) is 4.21. The predicted molar refractivity (Wildman–Crippen MR) is 57.3 cm³/mol. The fourth-order valence-corrected chi connectivity index (χ4v) is 2.23. The van der Waals surface area contributed by atoms with Crippen LogP contribution in [0.2, 0.25) is 0 Å². The van der Waals surface area contributed by atoms with Crippen molar-refractivity contribution in [2.45, 2.75) is 37.6 Å². The minimum Gasteiger partial charge on any atom is -0.508 e. The molecule has 0 saturated heterocycles. The Bertz CT molecular complexity index is 303. The van der Waals surface area contributed by atoms with Gasteiger partial charge in [-0.25, -0.2) is 0 Å². The first-order valence-corrected chi connectivity index (χ1v) is 5.30. The molecule has 1 aromatic rings. The normalized spacial score (nSPS) is 27.5. The monoisotopic (exact) mass is 191 g/mol. The molecule has 1 aliphatic rings. The van der Waals surface area contributed by atoms with E-state index in [1.165, 1.54) is 5.56 Å². The van der Waals surface area contributed by atoms with Crippen LogP contribution >= 0.6 is 0 Å². The van der Waals surface area contributed by atoms with Gasteiger partial charge in [0.2, 0.25) is 0 Å². The van der Waals surface area contributed by atoms with E-state index in [0.29, 0.717) is 17.7 Å². The molecular weight excluding hydrogens is 174 g/mol. The Morgan fingerprint density at radius 3 is 2.50 bits per heavy atom. The first kappa shape index (κ1) is 9.53. The summed E-state index contributed by atoms with van der Waals surface area (Å²) in [5.41, 5.74) is 7.12. The van der Waals surface area contributed by atoms with Crippen molar-refractivity contribution in [1.82, 2.24) is 0 Å². The number of benzene rings is 1. The molecule has 0 aliphatic heterocycles. The zero-order chi connectivity index (χ0) is 9.97. The highest BCUT2D eigenvalue weighted by molar-refractivity contribution is 5.29. The Morgan fingerprint density at radius 2 is 1.86 bits per heavy atom. The molecule has 0 unspecified atom stereocenters. The largest absolute Gasteiger partial charge is 0.508 e. The standard InChI is InChI=1S/C12H17NO/c13-11-6-4-9(5-7-11)10-2-1-3-12(14)8-10/h1-3,8-9,11,14H,4-7,13H2. The van der Waals surface area contributed by atoms with Crippen molar-refractivity contribution in [3.8, 4) is 5.75 Å². The van der Waals surface area contributed by atoms with Gasteiger partial charge in [0.15, 0.2) is 0 Å². The third kappa shape index (κ3) is 2.07.